The van der Waals surface area contributed by atoms with Crippen LogP contribution in [0, 0.1) is 0 Å². The maximum atomic E-state index is 11.3. The molecule has 106 valence electrons. The Balaban J connectivity index is 1.65. The largest absolute Gasteiger partial charge is 0.376 e. The van der Waals surface area contributed by atoms with Gasteiger partial charge in [0, 0.05) is 19.7 Å². The van der Waals surface area contributed by atoms with Crippen molar-refractivity contribution >= 4 is 17.9 Å². The number of nitrogens with two attached hydrogens (primary N) is 1. The Morgan fingerprint density at radius 2 is 2.42 bits per heavy atom. The Morgan fingerprint density at radius 3 is 3.05 bits per heavy atom. The summed E-state index contributed by atoms with van der Waals surface area (Å²) in [7, 11) is 0. The van der Waals surface area contributed by atoms with E-state index in [0.717, 1.165) is 24.3 Å². The lowest BCUT2D eigenvalue weighted by Crippen LogP contribution is -2.41. The molecule has 8 heteroatoms. The molecular formula is C11H19N5O3. The number of amides is 3. The van der Waals surface area contributed by atoms with E-state index in [4.69, 9.17) is 10.5 Å². The first-order chi connectivity index (χ1) is 9.16. The van der Waals surface area contributed by atoms with Crippen molar-refractivity contribution in [2.45, 2.75) is 18.9 Å². The minimum absolute atomic E-state index is 0.0709. The van der Waals surface area contributed by atoms with Crippen molar-refractivity contribution in [2.24, 2.45) is 10.7 Å². The van der Waals surface area contributed by atoms with Crippen LogP contribution in [0.25, 0.3) is 0 Å². The summed E-state index contributed by atoms with van der Waals surface area (Å²) in [6.45, 7) is 2.07. The van der Waals surface area contributed by atoms with Crippen LogP contribution in [0.15, 0.2) is 4.99 Å². The monoisotopic (exact) mass is 269 g/mol. The van der Waals surface area contributed by atoms with Gasteiger partial charge in [-0.05, 0) is 12.8 Å². The highest BCUT2D eigenvalue weighted by Crippen LogP contribution is 2.11. The van der Waals surface area contributed by atoms with Crippen molar-refractivity contribution < 1.29 is 14.3 Å². The highest BCUT2D eigenvalue weighted by molar-refractivity contribution is 6.01. The predicted octanol–water partition coefficient (Wildman–Crippen LogP) is -1.38. The molecule has 1 unspecified atom stereocenters. The number of hydrogen-bond acceptors (Lipinski definition) is 4. The molecule has 0 aromatic rings. The first-order valence-corrected chi connectivity index (χ1v) is 6.40. The quantitative estimate of drug-likeness (QED) is 0.324. The fraction of sp³-hybridized carbons (Fsp3) is 0.727. The summed E-state index contributed by atoms with van der Waals surface area (Å²) >= 11 is 0. The Hall–Kier alpha value is -1.83. The van der Waals surface area contributed by atoms with E-state index >= 15 is 0 Å². The van der Waals surface area contributed by atoms with E-state index in [0.29, 0.717) is 19.0 Å². The Labute approximate surface area is 111 Å². The Bertz CT molecular complexity index is 363. The van der Waals surface area contributed by atoms with Crippen molar-refractivity contribution in [1.29, 1.82) is 0 Å². The average molecular weight is 269 g/mol. The van der Waals surface area contributed by atoms with E-state index in [1.54, 1.807) is 0 Å². The molecule has 2 aliphatic rings. The van der Waals surface area contributed by atoms with Crippen LogP contribution in [0.1, 0.15) is 12.8 Å². The molecule has 0 aromatic carbocycles. The third kappa shape index (κ3) is 3.82. The molecule has 8 nitrogen and oxygen atoms in total. The Kier molecular flexibility index (Phi) is 4.56. The summed E-state index contributed by atoms with van der Waals surface area (Å²) in [6, 6.07) is -0.360. The molecule has 2 rings (SSSR count). The zero-order valence-electron chi connectivity index (χ0n) is 10.7. The van der Waals surface area contributed by atoms with Crippen molar-refractivity contribution in [3.63, 3.8) is 0 Å². The van der Waals surface area contributed by atoms with Crippen LogP contribution in [-0.4, -0.2) is 61.7 Å². The number of urea groups is 1. The second-order valence-electron chi connectivity index (χ2n) is 4.49. The number of aliphatic imine (C=N–C) groups is 1. The van der Waals surface area contributed by atoms with E-state index < -0.39 is 0 Å². The number of imide groups is 1. The predicted molar refractivity (Wildman–Crippen MR) is 68.6 cm³/mol. The molecule has 0 spiro atoms. The van der Waals surface area contributed by atoms with Crippen LogP contribution in [0.5, 0.6) is 0 Å². The van der Waals surface area contributed by atoms with Gasteiger partial charge in [-0.25, -0.2) is 4.79 Å². The zero-order valence-corrected chi connectivity index (χ0v) is 10.7. The van der Waals surface area contributed by atoms with Gasteiger partial charge in [0.2, 0.25) is 5.91 Å². The standard InChI is InChI=1S/C11H19N5O3/c12-10(14-6-8-2-1-5-19-8)13-3-4-16-9(17)7-15-11(16)18/h8H,1-7H2,(H,15,18)(H3,12,13,14). The van der Waals surface area contributed by atoms with Crippen molar-refractivity contribution in [3.8, 4) is 0 Å². The van der Waals surface area contributed by atoms with E-state index in [2.05, 4.69) is 15.6 Å². The third-order valence-corrected chi connectivity index (χ3v) is 3.07. The smallest absolute Gasteiger partial charge is 0.324 e. The van der Waals surface area contributed by atoms with Gasteiger partial charge in [0.05, 0.1) is 19.2 Å². The average Bonchev–Trinajstić information content (AvgIpc) is 3.00. The molecule has 1 atom stereocenters. The first-order valence-electron chi connectivity index (χ1n) is 6.40. The lowest BCUT2D eigenvalue weighted by molar-refractivity contribution is -0.124. The SMILES string of the molecule is NC(=NCC1CCCO1)NCCN1C(=O)CNC1=O. The van der Waals surface area contributed by atoms with E-state index in [-0.39, 0.29) is 31.1 Å². The maximum absolute atomic E-state index is 11.3. The number of hydrogen-bond donors (Lipinski definition) is 3. The third-order valence-electron chi connectivity index (χ3n) is 3.07. The van der Waals surface area contributed by atoms with Gasteiger partial charge in [-0.2, -0.15) is 0 Å². The lowest BCUT2D eigenvalue weighted by Gasteiger charge is -2.13. The molecule has 2 heterocycles. The number of rotatable bonds is 5. The van der Waals surface area contributed by atoms with E-state index in [1.807, 2.05) is 0 Å². The summed E-state index contributed by atoms with van der Waals surface area (Å²) in [6.07, 6.45) is 2.24. The van der Waals surface area contributed by atoms with Gasteiger partial charge in [-0.1, -0.05) is 0 Å². The van der Waals surface area contributed by atoms with Crippen LogP contribution < -0.4 is 16.4 Å². The highest BCUT2D eigenvalue weighted by Gasteiger charge is 2.27. The van der Waals surface area contributed by atoms with Crippen LogP contribution >= 0.6 is 0 Å². The summed E-state index contributed by atoms with van der Waals surface area (Å²) in [4.78, 5) is 27.9. The minimum atomic E-state index is -0.360. The van der Waals surface area contributed by atoms with Crippen LogP contribution in [0.4, 0.5) is 4.79 Å². The van der Waals surface area contributed by atoms with Gasteiger partial charge >= 0.3 is 6.03 Å². The molecule has 4 N–H and O–H groups in total. The van der Waals surface area contributed by atoms with E-state index in [9.17, 15) is 9.59 Å². The summed E-state index contributed by atoms with van der Waals surface area (Å²) in [5.41, 5.74) is 5.69. The highest BCUT2D eigenvalue weighted by atomic mass is 16.5. The molecule has 0 bridgehead atoms. The normalized spacial score (nSPS) is 23.9. The molecule has 0 radical (unpaired) electrons. The van der Waals surface area contributed by atoms with Crippen LogP contribution in [0.2, 0.25) is 0 Å². The zero-order chi connectivity index (χ0) is 13.7. The number of carbonyl (C=O) groups is 2. The molecule has 0 aliphatic carbocycles. The molecule has 0 aromatic heterocycles. The molecule has 2 saturated heterocycles. The van der Waals surface area contributed by atoms with Gasteiger partial charge in [-0.3, -0.25) is 14.7 Å². The molecule has 19 heavy (non-hydrogen) atoms. The minimum Gasteiger partial charge on any atom is -0.376 e. The van der Waals surface area contributed by atoms with E-state index in [1.165, 1.54) is 0 Å². The molecule has 2 fully saturated rings. The molecule has 3 amide bonds. The van der Waals surface area contributed by atoms with Crippen LogP contribution in [-0.2, 0) is 9.53 Å². The number of guanidine groups is 1. The fourth-order valence-corrected chi connectivity index (χ4v) is 2.02. The Morgan fingerprint density at radius 1 is 1.58 bits per heavy atom. The number of carbonyl (C=O) groups excluding carboxylic acids is 2. The second kappa shape index (κ2) is 6.37. The number of nitrogens with one attached hydrogen (secondary N) is 2. The van der Waals surface area contributed by atoms with Gasteiger partial charge in [0.25, 0.3) is 0 Å². The first kappa shape index (κ1) is 13.6. The summed E-state index contributed by atoms with van der Waals surface area (Å²) < 4.78 is 5.42. The molecule has 2 aliphatic heterocycles. The van der Waals surface area contributed by atoms with Gasteiger partial charge in [0.15, 0.2) is 5.96 Å². The number of ether oxygens (including phenoxy) is 1. The van der Waals surface area contributed by atoms with Gasteiger partial charge < -0.3 is 21.1 Å². The van der Waals surface area contributed by atoms with Crippen molar-refractivity contribution in [2.75, 3.05) is 32.8 Å². The second-order valence-corrected chi connectivity index (χ2v) is 4.49. The maximum Gasteiger partial charge on any atom is 0.324 e. The van der Waals surface area contributed by atoms with Gasteiger partial charge in [-0.15, -0.1) is 0 Å². The van der Waals surface area contributed by atoms with Crippen molar-refractivity contribution in [3.05, 3.63) is 0 Å². The lowest BCUT2D eigenvalue weighted by atomic mass is 10.2. The summed E-state index contributed by atoms with van der Waals surface area (Å²) in [5.74, 6) is 0.0872. The molecular weight excluding hydrogens is 250 g/mol. The van der Waals surface area contributed by atoms with Gasteiger partial charge in [0.1, 0.15) is 0 Å². The van der Waals surface area contributed by atoms with Crippen molar-refractivity contribution in [1.82, 2.24) is 15.5 Å². The van der Waals surface area contributed by atoms with Crippen LogP contribution in [0.3, 0.4) is 0 Å². The topological polar surface area (TPSA) is 109 Å². The fourth-order valence-electron chi connectivity index (χ4n) is 2.02. The summed E-state index contributed by atoms with van der Waals surface area (Å²) in [5, 5.41) is 5.32. The number of nitrogens with zero attached hydrogens (tertiary/aromatic N) is 2. The molecule has 0 saturated carbocycles.